The zero-order valence-electron chi connectivity index (χ0n) is 12.3. The second-order valence-corrected chi connectivity index (χ2v) is 6.76. The van der Waals surface area contributed by atoms with E-state index in [4.69, 9.17) is 10.6 Å². The Balaban J connectivity index is 2.38. The fourth-order valence-electron chi connectivity index (χ4n) is 2.15. The third kappa shape index (κ3) is 4.58. The molecule has 2 N–H and O–H groups in total. The Morgan fingerprint density at radius 2 is 1.89 bits per heavy atom. The third-order valence-electron chi connectivity index (χ3n) is 3.74. The molecule has 1 fully saturated rings. The predicted octanol–water partition coefficient (Wildman–Crippen LogP) is 2.33. The first-order valence-electron chi connectivity index (χ1n) is 6.94. The lowest BCUT2D eigenvalue weighted by Crippen LogP contribution is -2.42. The molecule has 0 saturated carbocycles. The number of piperidine rings is 1. The molecule has 4 nitrogen and oxygen atoms in total. The van der Waals surface area contributed by atoms with E-state index in [-0.39, 0.29) is 5.97 Å². The molecular weight excluding hydrogens is 228 g/mol. The number of carbonyl (C=O) groups excluding carboxylic acids is 1. The summed E-state index contributed by atoms with van der Waals surface area (Å²) in [5.41, 5.74) is 5.50. The summed E-state index contributed by atoms with van der Waals surface area (Å²) >= 11 is 0. The van der Waals surface area contributed by atoms with Crippen molar-refractivity contribution in [3.05, 3.63) is 0 Å². The number of nitrogens with zero attached hydrogens (tertiary/aromatic N) is 1. The van der Waals surface area contributed by atoms with Crippen LogP contribution in [0.4, 0.5) is 0 Å². The number of nitrogens with two attached hydrogens (primary N) is 1. The smallest absolute Gasteiger partial charge is 0.330 e. The summed E-state index contributed by atoms with van der Waals surface area (Å²) in [5, 5.41) is 1.82. The van der Waals surface area contributed by atoms with E-state index in [2.05, 4.69) is 6.92 Å². The Kier molecular flexibility index (Phi) is 5.17. The van der Waals surface area contributed by atoms with E-state index < -0.39 is 5.41 Å². The molecule has 0 radical (unpaired) electrons. The van der Waals surface area contributed by atoms with Gasteiger partial charge in [0.05, 0.1) is 5.41 Å². The summed E-state index contributed by atoms with van der Waals surface area (Å²) in [6.45, 7) is 10.4. The second-order valence-electron chi connectivity index (χ2n) is 6.76. The van der Waals surface area contributed by atoms with Gasteiger partial charge >= 0.3 is 5.97 Å². The van der Waals surface area contributed by atoms with Gasteiger partial charge in [-0.3, -0.25) is 0 Å². The molecule has 0 bridgehead atoms. The predicted molar refractivity (Wildman–Crippen MR) is 72.7 cm³/mol. The summed E-state index contributed by atoms with van der Waals surface area (Å²) in [6.07, 6.45) is 4.40. The van der Waals surface area contributed by atoms with Crippen molar-refractivity contribution >= 4 is 5.97 Å². The van der Waals surface area contributed by atoms with E-state index in [9.17, 15) is 4.79 Å². The average Bonchev–Trinajstić information content (AvgIpc) is 2.29. The van der Waals surface area contributed by atoms with Gasteiger partial charge in [-0.05, 0) is 58.4 Å². The van der Waals surface area contributed by atoms with Crippen LogP contribution in [0.25, 0.3) is 0 Å². The maximum Gasteiger partial charge on any atom is 0.330 e. The quantitative estimate of drug-likeness (QED) is 0.838. The molecule has 0 aromatic rings. The normalized spacial score (nSPS) is 20.7. The summed E-state index contributed by atoms with van der Waals surface area (Å²) in [5.74, 6) is -0.145. The van der Waals surface area contributed by atoms with Crippen LogP contribution in [0.1, 0.15) is 53.4 Å². The maximum atomic E-state index is 11.8. The SMILES string of the molecule is CC1(CCCN)CCN(OC(=O)C(C)(C)C)CC1. The highest BCUT2D eigenvalue weighted by Gasteiger charge is 2.33. The Morgan fingerprint density at radius 1 is 1.33 bits per heavy atom. The lowest BCUT2D eigenvalue weighted by Gasteiger charge is -2.39. The van der Waals surface area contributed by atoms with Crippen molar-refractivity contribution in [2.75, 3.05) is 19.6 Å². The Hall–Kier alpha value is -0.610. The molecule has 0 aromatic carbocycles. The highest BCUT2D eigenvalue weighted by atomic mass is 16.7. The van der Waals surface area contributed by atoms with E-state index in [0.29, 0.717) is 5.41 Å². The van der Waals surface area contributed by atoms with E-state index in [1.54, 1.807) is 0 Å². The lowest BCUT2D eigenvalue weighted by atomic mass is 9.77. The summed E-state index contributed by atoms with van der Waals surface area (Å²) in [7, 11) is 0. The largest absolute Gasteiger partial charge is 0.367 e. The van der Waals surface area contributed by atoms with Crippen LogP contribution in [-0.2, 0) is 9.63 Å². The molecule has 0 unspecified atom stereocenters. The third-order valence-corrected chi connectivity index (χ3v) is 3.74. The fourth-order valence-corrected chi connectivity index (χ4v) is 2.15. The molecule has 1 heterocycles. The second kappa shape index (κ2) is 6.02. The average molecular weight is 256 g/mol. The van der Waals surface area contributed by atoms with Crippen molar-refractivity contribution in [1.29, 1.82) is 0 Å². The molecule has 0 aliphatic carbocycles. The van der Waals surface area contributed by atoms with E-state index in [0.717, 1.165) is 38.9 Å². The van der Waals surface area contributed by atoms with Crippen molar-refractivity contribution < 1.29 is 9.63 Å². The molecule has 1 aliphatic rings. The molecule has 0 aromatic heterocycles. The van der Waals surface area contributed by atoms with Gasteiger partial charge in [-0.25, -0.2) is 4.79 Å². The number of hydrogen-bond donors (Lipinski definition) is 1. The van der Waals surface area contributed by atoms with Gasteiger partial charge < -0.3 is 10.6 Å². The van der Waals surface area contributed by atoms with Crippen LogP contribution in [-0.4, -0.2) is 30.7 Å². The van der Waals surface area contributed by atoms with Crippen LogP contribution in [0.5, 0.6) is 0 Å². The molecule has 0 amide bonds. The maximum absolute atomic E-state index is 11.8. The van der Waals surface area contributed by atoms with Gasteiger partial charge in [-0.1, -0.05) is 6.92 Å². The Bertz CT molecular complexity index is 276. The molecule has 4 heteroatoms. The number of hydroxylamine groups is 2. The van der Waals surface area contributed by atoms with E-state index in [1.165, 1.54) is 6.42 Å². The summed E-state index contributed by atoms with van der Waals surface area (Å²) in [4.78, 5) is 17.2. The minimum Gasteiger partial charge on any atom is -0.367 e. The molecule has 0 atom stereocenters. The molecular formula is C14H28N2O2. The molecule has 106 valence electrons. The van der Waals surface area contributed by atoms with Gasteiger partial charge in [0.2, 0.25) is 0 Å². The summed E-state index contributed by atoms with van der Waals surface area (Å²) < 4.78 is 0. The van der Waals surface area contributed by atoms with Gasteiger partial charge in [-0.2, -0.15) is 0 Å². The molecule has 1 aliphatic heterocycles. The highest BCUT2D eigenvalue weighted by Crippen LogP contribution is 2.35. The Labute approximate surface area is 111 Å². The van der Waals surface area contributed by atoms with E-state index in [1.807, 2.05) is 25.8 Å². The van der Waals surface area contributed by atoms with Gasteiger partial charge in [-0.15, -0.1) is 5.06 Å². The number of hydrogen-bond acceptors (Lipinski definition) is 4. The van der Waals surface area contributed by atoms with Crippen LogP contribution in [0.2, 0.25) is 0 Å². The first kappa shape index (κ1) is 15.4. The van der Waals surface area contributed by atoms with Gasteiger partial charge in [0, 0.05) is 13.1 Å². The van der Waals surface area contributed by atoms with Gasteiger partial charge in [0.15, 0.2) is 0 Å². The van der Waals surface area contributed by atoms with Gasteiger partial charge in [0.1, 0.15) is 0 Å². The standard InChI is InChI=1S/C14H28N2O2/c1-13(2,3)12(17)18-16-10-7-14(4,8-11-16)6-5-9-15/h5-11,15H2,1-4H3. The molecule has 0 spiro atoms. The summed E-state index contributed by atoms with van der Waals surface area (Å²) in [6, 6.07) is 0. The Morgan fingerprint density at radius 3 is 2.33 bits per heavy atom. The molecule has 1 rings (SSSR count). The topological polar surface area (TPSA) is 55.6 Å². The van der Waals surface area contributed by atoms with E-state index >= 15 is 0 Å². The van der Waals surface area contributed by atoms with Crippen LogP contribution in [0.15, 0.2) is 0 Å². The first-order chi connectivity index (χ1) is 8.27. The zero-order chi connectivity index (χ0) is 13.8. The van der Waals surface area contributed by atoms with Crippen molar-refractivity contribution in [3.8, 4) is 0 Å². The van der Waals surface area contributed by atoms with Crippen molar-refractivity contribution in [2.24, 2.45) is 16.6 Å². The number of carbonyl (C=O) groups is 1. The first-order valence-corrected chi connectivity index (χ1v) is 6.94. The van der Waals surface area contributed by atoms with Crippen molar-refractivity contribution in [3.63, 3.8) is 0 Å². The van der Waals surface area contributed by atoms with Gasteiger partial charge in [0.25, 0.3) is 0 Å². The van der Waals surface area contributed by atoms with Crippen LogP contribution >= 0.6 is 0 Å². The molecule has 18 heavy (non-hydrogen) atoms. The monoisotopic (exact) mass is 256 g/mol. The highest BCUT2D eigenvalue weighted by molar-refractivity contribution is 5.75. The number of rotatable bonds is 4. The van der Waals surface area contributed by atoms with Crippen molar-refractivity contribution in [2.45, 2.75) is 53.4 Å². The zero-order valence-corrected chi connectivity index (χ0v) is 12.3. The lowest BCUT2D eigenvalue weighted by molar-refractivity contribution is -0.209. The molecule has 1 saturated heterocycles. The van der Waals surface area contributed by atoms with Crippen LogP contribution in [0, 0.1) is 10.8 Å². The van der Waals surface area contributed by atoms with Crippen LogP contribution < -0.4 is 5.73 Å². The fraction of sp³-hybridized carbons (Fsp3) is 0.929. The minimum absolute atomic E-state index is 0.145. The van der Waals surface area contributed by atoms with Crippen molar-refractivity contribution in [1.82, 2.24) is 5.06 Å². The van der Waals surface area contributed by atoms with Crippen LogP contribution in [0.3, 0.4) is 0 Å². The minimum atomic E-state index is -0.430.